The number of aliphatic carboxylic acids is 1. The summed E-state index contributed by atoms with van der Waals surface area (Å²) in [5, 5.41) is 8.73. The quantitative estimate of drug-likeness (QED) is 0.615. The normalized spacial score (nSPS) is 12.8. The topological polar surface area (TPSA) is 86.9 Å². The van der Waals surface area contributed by atoms with Gasteiger partial charge in [-0.25, -0.2) is 0 Å². The van der Waals surface area contributed by atoms with Crippen LogP contribution in [0.4, 0.5) is 0 Å². The Morgan fingerprint density at radius 1 is 1.15 bits per heavy atom. The Morgan fingerprint density at radius 2 is 1.70 bits per heavy atom. The molecule has 0 aliphatic rings. The van der Waals surface area contributed by atoms with Crippen LogP contribution in [0.1, 0.15) is 34.1 Å². The molecule has 0 heterocycles. The minimum Gasteiger partial charge on any atom is -0.481 e. The smallest absolute Gasteiger partial charge is 0.305 e. The third-order valence-electron chi connectivity index (χ3n) is 3.19. The number of carbonyl (C=O) groups excluding carboxylic acids is 1. The Morgan fingerprint density at radius 3 is 2.10 bits per heavy atom. The fourth-order valence-electron chi connectivity index (χ4n) is 2.04. The molecular weight excluding hydrogens is 258 g/mol. The van der Waals surface area contributed by atoms with E-state index in [2.05, 4.69) is 18.7 Å². The first kappa shape index (κ1) is 18.9. The highest BCUT2D eigenvalue weighted by Gasteiger charge is 2.23. The van der Waals surface area contributed by atoms with Gasteiger partial charge in [-0.3, -0.25) is 9.59 Å². The summed E-state index contributed by atoms with van der Waals surface area (Å²) in [5.74, 6) is -0.986. The van der Waals surface area contributed by atoms with Crippen LogP contribution in [0, 0.1) is 5.92 Å². The number of carboxylic acid groups (broad SMARTS) is 1. The molecule has 0 spiro atoms. The molecule has 0 rings (SSSR count). The first-order valence-electron chi connectivity index (χ1n) is 7.30. The summed E-state index contributed by atoms with van der Waals surface area (Å²) in [5.41, 5.74) is 5.68. The van der Waals surface area contributed by atoms with Gasteiger partial charge in [0.15, 0.2) is 0 Å². The van der Waals surface area contributed by atoms with Gasteiger partial charge in [0.1, 0.15) is 0 Å². The monoisotopic (exact) mass is 287 g/mol. The lowest BCUT2D eigenvalue weighted by atomic mass is 10.1. The molecule has 0 saturated heterocycles. The summed E-state index contributed by atoms with van der Waals surface area (Å²) in [4.78, 5) is 26.8. The van der Waals surface area contributed by atoms with E-state index in [1.165, 1.54) is 0 Å². The van der Waals surface area contributed by atoms with Gasteiger partial charge in [0.2, 0.25) is 5.91 Å². The van der Waals surface area contributed by atoms with Gasteiger partial charge in [-0.2, -0.15) is 0 Å². The zero-order valence-electron chi connectivity index (χ0n) is 13.1. The Bertz CT molecular complexity index is 304. The van der Waals surface area contributed by atoms with Crippen LogP contribution < -0.4 is 5.73 Å². The number of carboxylic acids is 1. The molecule has 1 atom stereocenters. The molecule has 0 aromatic carbocycles. The minimum absolute atomic E-state index is 0.270. The van der Waals surface area contributed by atoms with Gasteiger partial charge in [-0.15, -0.1) is 0 Å². The van der Waals surface area contributed by atoms with E-state index in [-0.39, 0.29) is 12.3 Å². The highest BCUT2D eigenvalue weighted by Crippen LogP contribution is 2.04. The number of nitrogens with zero attached hydrogens (tertiary/aromatic N) is 2. The SMILES string of the molecule is CCN(CC)CCN(CC(C)C)C(=O)C(N)CC(=O)O. The Balaban J connectivity index is 4.61. The second-order valence-electron chi connectivity index (χ2n) is 5.41. The molecule has 0 saturated carbocycles. The number of likely N-dealkylation sites (N-methyl/N-ethyl adjacent to an activating group) is 1. The molecule has 6 nitrogen and oxygen atoms in total. The molecular formula is C14H29N3O3. The molecule has 3 N–H and O–H groups in total. The molecule has 0 aromatic rings. The summed E-state index contributed by atoms with van der Waals surface area (Å²) in [6.07, 6.45) is -0.321. The van der Waals surface area contributed by atoms with Crippen LogP contribution in [0.25, 0.3) is 0 Å². The van der Waals surface area contributed by atoms with Gasteiger partial charge in [0.25, 0.3) is 0 Å². The van der Waals surface area contributed by atoms with Gasteiger partial charge >= 0.3 is 5.97 Å². The molecule has 118 valence electrons. The van der Waals surface area contributed by atoms with Crippen LogP contribution in [0.2, 0.25) is 0 Å². The summed E-state index contributed by atoms with van der Waals surface area (Å²) in [6.45, 7) is 12.1. The van der Waals surface area contributed by atoms with Crippen molar-refractivity contribution in [1.29, 1.82) is 0 Å². The number of hydrogen-bond donors (Lipinski definition) is 2. The van der Waals surface area contributed by atoms with Crippen molar-refractivity contribution in [3.63, 3.8) is 0 Å². The van der Waals surface area contributed by atoms with Gasteiger partial charge < -0.3 is 20.6 Å². The number of nitrogens with two attached hydrogens (primary N) is 1. The van der Waals surface area contributed by atoms with Crippen molar-refractivity contribution in [2.24, 2.45) is 11.7 Å². The van der Waals surface area contributed by atoms with Crippen molar-refractivity contribution >= 4 is 11.9 Å². The highest BCUT2D eigenvalue weighted by molar-refractivity contribution is 5.86. The van der Waals surface area contributed by atoms with E-state index < -0.39 is 12.0 Å². The average molecular weight is 287 g/mol. The standard InChI is InChI=1S/C14H29N3O3/c1-5-16(6-2)7-8-17(10-11(3)4)14(20)12(15)9-13(18)19/h11-12H,5-10,15H2,1-4H3,(H,18,19). The molecule has 0 fully saturated rings. The molecule has 20 heavy (non-hydrogen) atoms. The third-order valence-corrected chi connectivity index (χ3v) is 3.19. The van der Waals surface area contributed by atoms with Gasteiger partial charge in [0.05, 0.1) is 12.5 Å². The maximum atomic E-state index is 12.2. The molecule has 0 bridgehead atoms. The number of rotatable bonds is 10. The molecule has 6 heteroatoms. The largest absolute Gasteiger partial charge is 0.481 e. The lowest BCUT2D eigenvalue weighted by Crippen LogP contribution is -2.48. The Kier molecular flexibility index (Phi) is 9.16. The van der Waals surface area contributed by atoms with Crippen molar-refractivity contribution in [3.05, 3.63) is 0 Å². The van der Waals surface area contributed by atoms with Crippen molar-refractivity contribution < 1.29 is 14.7 Å². The predicted molar refractivity (Wildman–Crippen MR) is 79.4 cm³/mol. The van der Waals surface area contributed by atoms with Crippen LogP contribution >= 0.6 is 0 Å². The van der Waals surface area contributed by atoms with Crippen LogP contribution in [0.3, 0.4) is 0 Å². The second-order valence-corrected chi connectivity index (χ2v) is 5.41. The van der Waals surface area contributed by atoms with E-state index in [4.69, 9.17) is 10.8 Å². The molecule has 0 radical (unpaired) electrons. The number of carbonyl (C=O) groups is 2. The molecule has 1 unspecified atom stereocenters. The van der Waals surface area contributed by atoms with Gasteiger partial charge in [-0.05, 0) is 19.0 Å². The molecule has 0 aliphatic heterocycles. The zero-order valence-corrected chi connectivity index (χ0v) is 13.1. The lowest BCUT2D eigenvalue weighted by molar-refractivity contribution is -0.142. The van der Waals surface area contributed by atoms with E-state index in [1.807, 2.05) is 13.8 Å². The first-order valence-corrected chi connectivity index (χ1v) is 7.30. The summed E-state index contributed by atoms with van der Waals surface area (Å²) in [6, 6.07) is -0.956. The van der Waals surface area contributed by atoms with Crippen LogP contribution in [0.15, 0.2) is 0 Å². The average Bonchev–Trinajstić information content (AvgIpc) is 2.36. The van der Waals surface area contributed by atoms with Crippen molar-refractivity contribution in [2.75, 3.05) is 32.7 Å². The van der Waals surface area contributed by atoms with Crippen molar-refractivity contribution in [2.45, 2.75) is 40.2 Å². The van der Waals surface area contributed by atoms with E-state index in [9.17, 15) is 9.59 Å². The van der Waals surface area contributed by atoms with Crippen molar-refractivity contribution in [3.8, 4) is 0 Å². The van der Waals surface area contributed by atoms with E-state index >= 15 is 0 Å². The van der Waals surface area contributed by atoms with Crippen molar-refractivity contribution in [1.82, 2.24) is 9.80 Å². The van der Waals surface area contributed by atoms with Crippen LogP contribution in [-0.4, -0.2) is 65.5 Å². The predicted octanol–water partition coefficient (Wildman–Crippen LogP) is 0.615. The maximum absolute atomic E-state index is 12.2. The van der Waals surface area contributed by atoms with E-state index in [1.54, 1.807) is 4.90 Å². The summed E-state index contributed by atoms with van der Waals surface area (Å²) in [7, 11) is 0. The third kappa shape index (κ3) is 7.45. The number of hydrogen-bond acceptors (Lipinski definition) is 4. The lowest BCUT2D eigenvalue weighted by Gasteiger charge is -2.29. The molecule has 0 aromatic heterocycles. The minimum atomic E-state index is -1.04. The Hall–Kier alpha value is -1.14. The fraction of sp³-hybridized carbons (Fsp3) is 0.857. The highest BCUT2D eigenvalue weighted by atomic mass is 16.4. The van der Waals surface area contributed by atoms with Gasteiger partial charge in [0, 0.05) is 19.6 Å². The van der Waals surface area contributed by atoms with Gasteiger partial charge in [-0.1, -0.05) is 27.7 Å². The number of amides is 1. The van der Waals surface area contributed by atoms with Crippen LogP contribution in [-0.2, 0) is 9.59 Å². The van der Waals surface area contributed by atoms with E-state index in [0.29, 0.717) is 19.0 Å². The Labute approximate surface area is 121 Å². The van der Waals surface area contributed by atoms with Crippen LogP contribution in [0.5, 0.6) is 0 Å². The van der Waals surface area contributed by atoms with E-state index in [0.717, 1.165) is 19.6 Å². The zero-order chi connectivity index (χ0) is 15.7. The first-order chi connectivity index (χ1) is 9.31. The summed E-state index contributed by atoms with van der Waals surface area (Å²) < 4.78 is 0. The maximum Gasteiger partial charge on any atom is 0.305 e. The fourth-order valence-corrected chi connectivity index (χ4v) is 2.04. The molecule has 1 amide bonds. The summed E-state index contributed by atoms with van der Waals surface area (Å²) >= 11 is 0. The second kappa shape index (κ2) is 9.72. The molecule has 0 aliphatic carbocycles.